The second kappa shape index (κ2) is 5.93. The first kappa shape index (κ1) is 14.4. The number of sulfonamides is 1. The van der Waals surface area contributed by atoms with Crippen LogP contribution in [0.15, 0.2) is 39.9 Å². The number of nitrogens with two attached hydrogens (primary N) is 1. The molecule has 1 aromatic heterocycles. The number of nitrogen functional groups attached to an aromatic ring is 1. The van der Waals surface area contributed by atoms with Gasteiger partial charge in [0.25, 0.3) is 0 Å². The van der Waals surface area contributed by atoms with Gasteiger partial charge in [0.2, 0.25) is 10.0 Å². The molecule has 0 unspecified atom stereocenters. The minimum atomic E-state index is -3.50. The molecule has 8 heteroatoms. The van der Waals surface area contributed by atoms with Crippen LogP contribution in [0.5, 0.6) is 0 Å². The van der Waals surface area contributed by atoms with Gasteiger partial charge in [0.15, 0.2) is 0 Å². The van der Waals surface area contributed by atoms with Crippen LogP contribution in [0.3, 0.4) is 0 Å². The van der Waals surface area contributed by atoms with Gasteiger partial charge in [0.1, 0.15) is 12.0 Å². The zero-order valence-corrected chi connectivity index (χ0v) is 11.8. The van der Waals surface area contributed by atoms with Gasteiger partial charge in [0, 0.05) is 12.6 Å². The van der Waals surface area contributed by atoms with Crippen LogP contribution in [-0.4, -0.2) is 20.1 Å². The average Bonchev–Trinajstić information content (AvgIpc) is 2.90. The van der Waals surface area contributed by atoms with Crippen molar-refractivity contribution in [3.8, 4) is 0 Å². The average molecular weight is 296 g/mol. The van der Waals surface area contributed by atoms with Crippen molar-refractivity contribution in [2.75, 3.05) is 17.6 Å². The number of rotatable bonds is 6. The summed E-state index contributed by atoms with van der Waals surface area (Å²) in [5, 5.41) is 6.78. The molecule has 2 rings (SSSR count). The highest BCUT2D eigenvalue weighted by atomic mass is 32.2. The Morgan fingerprint density at radius 1 is 1.35 bits per heavy atom. The summed E-state index contributed by atoms with van der Waals surface area (Å²) in [6.45, 7) is 2.44. The summed E-state index contributed by atoms with van der Waals surface area (Å²) >= 11 is 0. The summed E-state index contributed by atoms with van der Waals surface area (Å²) in [5.74, 6) is 0. The highest BCUT2D eigenvalue weighted by Gasteiger charge is 2.14. The lowest BCUT2D eigenvalue weighted by atomic mass is 10.2. The van der Waals surface area contributed by atoms with Crippen LogP contribution in [0.25, 0.3) is 0 Å². The van der Waals surface area contributed by atoms with Gasteiger partial charge in [-0.2, -0.15) is 0 Å². The number of hydrogen-bond acceptors (Lipinski definition) is 6. The molecule has 0 radical (unpaired) electrons. The number of aromatic nitrogens is 1. The van der Waals surface area contributed by atoms with Crippen molar-refractivity contribution in [3.63, 3.8) is 0 Å². The molecule has 0 aliphatic heterocycles. The van der Waals surface area contributed by atoms with E-state index in [2.05, 4.69) is 15.2 Å². The molecule has 108 valence electrons. The Kier molecular flexibility index (Phi) is 4.26. The van der Waals surface area contributed by atoms with Crippen molar-refractivity contribution in [2.24, 2.45) is 0 Å². The zero-order valence-electron chi connectivity index (χ0n) is 11.0. The third-order valence-corrected chi connectivity index (χ3v) is 4.16. The molecule has 0 spiro atoms. The standard InChI is InChI=1S/C12H16N4O3S/c1-2-15-20(17,18)10-3-4-11(13)12(7-10)14-8-9-5-6-19-16-9/h3-7,14-15H,2,8,13H2,1H3. The van der Waals surface area contributed by atoms with Crippen LogP contribution in [0.2, 0.25) is 0 Å². The van der Waals surface area contributed by atoms with Crippen LogP contribution in [0.4, 0.5) is 11.4 Å². The zero-order chi connectivity index (χ0) is 14.6. The molecule has 4 N–H and O–H groups in total. The maximum atomic E-state index is 11.9. The third-order valence-electron chi connectivity index (χ3n) is 2.62. The van der Waals surface area contributed by atoms with E-state index in [-0.39, 0.29) is 4.90 Å². The second-order valence-electron chi connectivity index (χ2n) is 4.09. The fourth-order valence-electron chi connectivity index (χ4n) is 1.64. The Morgan fingerprint density at radius 3 is 2.80 bits per heavy atom. The lowest BCUT2D eigenvalue weighted by Crippen LogP contribution is -2.23. The molecule has 0 saturated heterocycles. The summed E-state index contributed by atoms with van der Waals surface area (Å²) in [5.41, 5.74) is 7.52. The van der Waals surface area contributed by atoms with E-state index in [0.29, 0.717) is 30.2 Å². The van der Waals surface area contributed by atoms with Gasteiger partial charge in [-0.05, 0) is 18.2 Å². The molecule has 7 nitrogen and oxygen atoms in total. The lowest BCUT2D eigenvalue weighted by molar-refractivity contribution is 0.412. The van der Waals surface area contributed by atoms with Crippen LogP contribution < -0.4 is 15.8 Å². The number of benzene rings is 1. The Hall–Kier alpha value is -2.06. The van der Waals surface area contributed by atoms with Gasteiger partial charge in [-0.3, -0.25) is 0 Å². The van der Waals surface area contributed by atoms with Gasteiger partial charge in [-0.15, -0.1) is 0 Å². The second-order valence-corrected chi connectivity index (χ2v) is 5.86. The Bertz CT molecular complexity index is 668. The molecular weight excluding hydrogens is 280 g/mol. The van der Waals surface area contributed by atoms with E-state index in [0.717, 1.165) is 0 Å². The van der Waals surface area contributed by atoms with E-state index in [1.807, 2.05) is 0 Å². The number of nitrogens with zero attached hydrogens (tertiary/aromatic N) is 1. The van der Waals surface area contributed by atoms with Gasteiger partial charge in [-0.1, -0.05) is 12.1 Å². The molecule has 1 heterocycles. The summed E-state index contributed by atoms with van der Waals surface area (Å²) in [4.78, 5) is 0.163. The van der Waals surface area contributed by atoms with E-state index in [4.69, 9.17) is 10.3 Å². The molecule has 0 fully saturated rings. The van der Waals surface area contributed by atoms with E-state index in [1.165, 1.54) is 18.4 Å². The summed E-state index contributed by atoms with van der Waals surface area (Å²) in [6.07, 6.45) is 1.46. The van der Waals surface area contributed by atoms with E-state index in [9.17, 15) is 8.42 Å². The molecule has 1 aromatic carbocycles. The Labute approximate surface area is 117 Å². The molecule has 0 amide bonds. The minimum Gasteiger partial charge on any atom is -0.397 e. The van der Waals surface area contributed by atoms with Crippen molar-refractivity contribution in [1.29, 1.82) is 0 Å². The Morgan fingerprint density at radius 2 is 2.15 bits per heavy atom. The largest absolute Gasteiger partial charge is 0.397 e. The number of nitrogens with one attached hydrogen (secondary N) is 2. The van der Waals surface area contributed by atoms with Gasteiger partial charge >= 0.3 is 0 Å². The SMILES string of the molecule is CCNS(=O)(=O)c1ccc(N)c(NCc2ccon2)c1. The summed E-state index contributed by atoms with van der Waals surface area (Å²) in [7, 11) is -3.50. The molecule has 0 aliphatic rings. The van der Waals surface area contributed by atoms with Gasteiger partial charge in [-0.25, -0.2) is 13.1 Å². The molecular formula is C12H16N4O3S. The van der Waals surface area contributed by atoms with Crippen LogP contribution in [0, 0.1) is 0 Å². The Balaban J connectivity index is 2.20. The molecule has 0 bridgehead atoms. The van der Waals surface area contributed by atoms with Gasteiger partial charge in [0.05, 0.1) is 22.8 Å². The fraction of sp³-hybridized carbons (Fsp3) is 0.250. The van der Waals surface area contributed by atoms with Crippen molar-refractivity contribution >= 4 is 21.4 Å². The maximum absolute atomic E-state index is 11.9. The quantitative estimate of drug-likeness (QED) is 0.690. The van der Waals surface area contributed by atoms with E-state index in [1.54, 1.807) is 19.1 Å². The number of anilines is 2. The number of hydrogen-bond donors (Lipinski definition) is 3. The summed E-state index contributed by atoms with van der Waals surface area (Å²) in [6, 6.07) is 6.22. The first-order chi connectivity index (χ1) is 9.53. The van der Waals surface area contributed by atoms with Crippen LogP contribution in [0.1, 0.15) is 12.6 Å². The smallest absolute Gasteiger partial charge is 0.240 e. The fourth-order valence-corrected chi connectivity index (χ4v) is 2.71. The van der Waals surface area contributed by atoms with Crippen molar-refractivity contribution < 1.29 is 12.9 Å². The third kappa shape index (κ3) is 3.28. The molecule has 2 aromatic rings. The molecule has 20 heavy (non-hydrogen) atoms. The highest BCUT2D eigenvalue weighted by molar-refractivity contribution is 7.89. The van der Waals surface area contributed by atoms with Crippen LogP contribution >= 0.6 is 0 Å². The molecule has 0 aliphatic carbocycles. The lowest BCUT2D eigenvalue weighted by Gasteiger charge is -2.11. The molecule has 0 saturated carbocycles. The van der Waals surface area contributed by atoms with Crippen LogP contribution in [-0.2, 0) is 16.6 Å². The van der Waals surface area contributed by atoms with Gasteiger partial charge < -0.3 is 15.6 Å². The topological polar surface area (TPSA) is 110 Å². The normalized spacial score (nSPS) is 11.4. The predicted octanol–water partition coefficient (Wildman–Crippen LogP) is 1.17. The predicted molar refractivity (Wildman–Crippen MR) is 75.5 cm³/mol. The first-order valence-electron chi connectivity index (χ1n) is 6.05. The van der Waals surface area contributed by atoms with E-state index >= 15 is 0 Å². The molecule has 0 atom stereocenters. The minimum absolute atomic E-state index is 0.163. The first-order valence-corrected chi connectivity index (χ1v) is 7.53. The van der Waals surface area contributed by atoms with E-state index < -0.39 is 10.0 Å². The summed E-state index contributed by atoms with van der Waals surface area (Å²) < 4.78 is 31.0. The highest BCUT2D eigenvalue weighted by Crippen LogP contribution is 2.23. The van der Waals surface area contributed by atoms with Crippen molar-refractivity contribution in [2.45, 2.75) is 18.4 Å². The monoisotopic (exact) mass is 296 g/mol. The maximum Gasteiger partial charge on any atom is 0.240 e. The van der Waals surface area contributed by atoms with Crippen molar-refractivity contribution in [1.82, 2.24) is 9.88 Å². The van der Waals surface area contributed by atoms with Crippen molar-refractivity contribution in [3.05, 3.63) is 36.2 Å².